The maximum Gasteiger partial charge on any atom is 0.337 e. The molecule has 1 aromatic heterocycles. The van der Waals surface area contributed by atoms with E-state index in [1.165, 1.54) is 50.0 Å². The van der Waals surface area contributed by atoms with Gasteiger partial charge in [-0.05, 0) is 30.3 Å². The second-order valence-electron chi connectivity index (χ2n) is 6.26. The molecule has 0 aliphatic rings. The highest BCUT2D eigenvalue weighted by molar-refractivity contribution is 7.11. The van der Waals surface area contributed by atoms with Crippen LogP contribution >= 0.6 is 34.5 Å². The molecule has 162 valence electrons. The summed E-state index contributed by atoms with van der Waals surface area (Å²) in [6.45, 7) is 0. The van der Waals surface area contributed by atoms with Crippen LogP contribution in [-0.4, -0.2) is 31.1 Å². The number of hydrogen-bond acceptors (Lipinski definition) is 8. The van der Waals surface area contributed by atoms with E-state index in [-0.39, 0.29) is 16.7 Å². The zero-order valence-electron chi connectivity index (χ0n) is 16.8. The standard InChI is InChI=1S/C22H15Cl2N3O4S/c1-30-21(28)13-5-14(22(29)31-2)7-16(6-13)26-10-15(9-25)20-27-19(11-32-20)12-3-4-17(23)18(24)8-12/h3-8,10-11,26H,1-2H3/b15-10-. The molecule has 1 N–H and O–H groups in total. The maximum absolute atomic E-state index is 11.9. The van der Waals surface area contributed by atoms with Crippen LogP contribution in [0.25, 0.3) is 16.8 Å². The third kappa shape index (κ3) is 5.26. The van der Waals surface area contributed by atoms with Gasteiger partial charge in [0.25, 0.3) is 0 Å². The van der Waals surface area contributed by atoms with Gasteiger partial charge in [0.05, 0.1) is 41.1 Å². The van der Waals surface area contributed by atoms with Gasteiger partial charge in [0.2, 0.25) is 0 Å². The molecule has 0 aliphatic heterocycles. The first-order valence-electron chi connectivity index (χ1n) is 8.96. The molecule has 0 saturated carbocycles. The molecule has 0 aliphatic carbocycles. The third-order valence-electron chi connectivity index (χ3n) is 4.23. The second kappa shape index (κ2) is 10.3. The SMILES string of the molecule is COC(=O)c1cc(N/C=C(/C#N)c2nc(-c3ccc(Cl)c(Cl)c3)cs2)cc(C(=O)OC)c1. The average Bonchev–Trinajstić information content (AvgIpc) is 3.30. The average molecular weight is 488 g/mol. The number of nitriles is 1. The number of thiazole rings is 1. The summed E-state index contributed by atoms with van der Waals surface area (Å²) in [4.78, 5) is 28.4. The number of rotatable bonds is 6. The van der Waals surface area contributed by atoms with Crippen LogP contribution in [0.1, 0.15) is 25.7 Å². The summed E-state index contributed by atoms with van der Waals surface area (Å²) in [5.41, 5.74) is 2.36. The molecule has 0 radical (unpaired) electrons. The number of esters is 2. The smallest absolute Gasteiger partial charge is 0.337 e. The molecular weight excluding hydrogens is 473 g/mol. The Labute approximate surface area is 197 Å². The Morgan fingerprint density at radius 2 is 1.72 bits per heavy atom. The fraction of sp³-hybridized carbons (Fsp3) is 0.0909. The normalized spacial score (nSPS) is 10.9. The fourth-order valence-electron chi connectivity index (χ4n) is 2.67. The van der Waals surface area contributed by atoms with Crippen molar-refractivity contribution in [3.05, 3.63) is 74.2 Å². The number of nitrogens with one attached hydrogen (secondary N) is 1. The number of ether oxygens (including phenoxy) is 2. The van der Waals surface area contributed by atoms with Gasteiger partial charge < -0.3 is 14.8 Å². The van der Waals surface area contributed by atoms with Crippen LogP contribution in [0.3, 0.4) is 0 Å². The molecule has 0 fully saturated rings. The van der Waals surface area contributed by atoms with E-state index in [0.29, 0.717) is 26.4 Å². The van der Waals surface area contributed by atoms with Crippen molar-refractivity contribution in [3.63, 3.8) is 0 Å². The summed E-state index contributed by atoms with van der Waals surface area (Å²) in [5.74, 6) is -1.23. The van der Waals surface area contributed by atoms with Gasteiger partial charge in [0.15, 0.2) is 0 Å². The molecule has 0 saturated heterocycles. The number of methoxy groups -OCH3 is 2. The van der Waals surface area contributed by atoms with Crippen molar-refractivity contribution in [2.24, 2.45) is 0 Å². The van der Waals surface area contributed by atoms with E-state index in [4.69, 9.17) is 32.7 Å². The van der Waals surface area contributed by atoms with Crippen LogP contribution < -0.4 is 5.32 Å². The Balaban J connectivity index is 1.90. The van der Waals surface area contributed by atoms with Crippen LogP contribution in [0.2, 0.25) is 10.0 Å². The van der Waals surface area contributed by atoms with E-state index >= 15 is 0 Å². The zero-order chi connectivity index (χ0) is 23.3. The lowest BCUT2D eigenvalue weighted by atomic mass is 10.1. The predicted molar refractivity (Wildman–Crippen MR) is 124 cm³/mol. The molecule has 0 unspecified atom stereocenters. The fourth-order valence-corrected chi connectivity index (χ4v) is 3.76. The van der Waals surface area contributed by atoms with Crippen LogP contribution in [0.5, 0.6) is 0 Å². The van der Waals surface area contributed by atoms with E-state index < -0.39 is 11.9 Å². The number of carbonyl (C=O) groups excluding carboxylic acids is 2. The first kappa shape index (κ1) is 23.3. The van der Waals surface area contributed by atoms with Gasteiger partial charge >= 0.3 is 11.9 Å². The number of carbonyl (C=O) groups is 2. The second-order valence-corrected chi connectivity index (χ2v) is 7.94. The van der Waals surface area contributed by atoms with Crippen molar-refractivity contribution in [2.45, 2.75) is 0 Å². The van der Waals surface area contributed by atoms with Crippen molar-refractivity contribution in [1.82, 2.24) is 4.98 Å². The van der Waals surface area contributed by atoms with Crippen molar-refractivity contribution in [1.29, 1.82) is 5.26 Å². The summed E-state index contributed by atoms with van der Waals surface area (Å²) in [6, 6.07) is 11.6. The van der Waals surface area contributed by atoms with Gasteiger partial charge in [-0.2, -0.15) is 5.26 Å². The van der Waals surface area contributed by atoms with Gasteiger partial charge in [0.1, 0.15) is 16.6 Å². The first-order chi connectivity index (χ1) is 15.4. The quantitative estimate of drug-likeness (QED) is 0.353. The summed E-state index contributed by atoms with van der Waals surface area (Å²) in [5, 5.41) is 15.6. The number of aromatic nitrogens is 1. The molecule has 1 heterocycles. The molecule has 0 atom stereocenters. The lowest BCUT2D eigenvalue weighted by Gasteiger charge is -2.08. The van der Waals surface area contributed by atoms with Gasteiger partial charge in [-0.3, -0.25) is 0 Å². The highest BCUT2D eigenvalue weighted by Gasteiger charge is 2.14. The minimum atomic E-state index is -0.616. The monoisotopic (exact) mass is 487 g/mol. The molecule has 0 amide bonds. The third-order valence-corrected chi connectivity index (χ3v) is 5.84. The molecule has 3 rings (SSSR count). The van der Waals surface area contributed by atoms with Gasteiger partial charge in [-0.25, -0.2) is 14.6 Å². The Kier molecular flexibility index (Phi) is 7.49. The number of benzene rings is 2. The van der Waals surface area contributed by atoms with E-state index in [1.54, 1.807) is 23.6 Å². The molecule has 10 heteroatoms. The molecular formula is C22H15Cl2N3O4S. The minimum Gasteiger partial charge on any atom is -0.465 e. The van der Waals surface area contributed by atoms with Crippen LogP contribution in [0.15, 0.2) is 48.0 Å². The molecule has 7 nitrogen and oxygen atoms in total. The molecule has 0 spiro atoms. The van der Waals surface area contributed by atoms with Gasteiger partial charge in [0, 0.05) is 22.8 Å². The topological polar surface area (TPSA) is 101 Å². The van der Waals surface area contributed by atoms with Crippen LogP contribution in [-0.2, 0) is 9.47 Å². The van der Waals surface area contributed by atoms with Crippen molar-refractivity contribution in [3.8, 4) is 17.3 Å². The first-order valence-corrected chi connectivity index (χ1v) is 10.6. The zero-order valence-corrected chi connectivity index (χ0v) is 19.1. The van der Waals surface area contributed by atoms with Gasteiger partial charge in [-0.15, -0.1) is 11.3 Å². The number of anilines is 1. The molecule has 2 aromatic carbocycles. The molecule has 32 heavy (non-hydrogen) atoms. The van der Waals surface area contributed by atoms with E-state index in [2.05, 4.69) is 16.4 Å². The largest absolute Gasteiger partial charge is 0.465 e. The summed E-state index contributed by atoms with van der Waals surface area (Å²) in [6.07, 6.45) is 1.44. The number of nitrogens with zero attached hydrogens (tertiary/aromatic N) is 2. The lowest BCUT2D eigenvalue weighted by Crippen LogP contribution is -2.07. The van der Waals surface area contributed by atoms with Crippen molar-refractivity contribution < 1.29 is 19.1 Å². The minimum absolute atomic E-state index is 0.154. The Bertz CT molecular complexity index is 1230. The lowest BCUT2D eigenvalue weighted by molar-refractivity contribution is 0.0599. The molecule has 3 aromatic rings. The Morgan fingerprint density at radius 3 is 2.28 bits per heavy atom. The Morgan fingerprint density at radius 1 is 1.06 bits per heavy atom. The highest BCUT2D eigenvalue weighted by atomic mass is 35.5. The molecule has 0 bridgehead atoms. The number of allylic oxidation sites excluding steroid dienone is 1. The van der Waals surface area contributed by atoms with Crippen LogP contribution in [0.4, 0.5) is 5.69 Å². The number of halogens is 2. The summed E-state index contributed by atoms with van der Waals surface area (Å²) in [7, 11) is 2.48. The van der Waals surface area contributed by atoms with Crippen molar-refractivity contribution in [2.75, 3.05) is 19.5 Å². The van der Waals surface area contributed by atoms with E-state index in [9.17, 15) is 14.9 Å². The maximum atomic E-state index is 11.9. The Hall–Kier alpha value is -3.38. The van der Waals surface area contributed by atoms with E-state index in [0.717, 1.165) is 5.56 Å². The van der Waals surface area contributed by atoms with Crippen molar-refractivity contribution >= 4 is 57.7 Å². The highest BCUT2D eigenvalue weighted by Crippen LogP contribution is 2.31. The summed E-state index contributed by atoms with van der Waals surface area (Å²) < 4.78 is 9.45. The van der Waals surface area contributed by atoms with E-state index in [1.807, 2.05) is 0 Å². The van der Waals surface area contributed by atoms with Gasteiger partial charge in [-0.1, -0.05) is 29.3 Å². The number of hydrogen-bond donors (Lipinski definition) is 1. The summed E-state index contributed by atoms with van der Waals surface area (Å²) >= 11 is 13.3. The predicted octanol–water partition coefficient (Wildman–Crippen LogP) is 5.67. The van der Waals surface area contributed by atoms with Crippen LogP contribution in [0, 0.1) is 11.3 Å².